The van der Waals surface area contributed by atoms with Crippen LogP contribution in [0.1, 0.15) is 54.2 Å². The first kappa shape index (κ1) is 35.7. The van der Waals surface area contributed by atoms with Gasteiger partial charge in [-0.15, -0.1) is 0 Å². The molecule has 5 rings (SSSR count). The molecule has 1 heterocycles. The number of carbonyl (C=O) groups excluding carboxylic acids is 4. The summed E-state index contributed by atoms with van der Waals surface area (Å²) >= 11 is 0. The number of alkyl carbamates (subject to hydrolysis) is 1. The Morgan fingerprint density at radius 3 is 1.96 bits per heavy atom. The van der Waals surface area contributed by atoms with E-state index < -0.39 is 23.6 Å². The minimum absolute atomic E-state index is 0.0491. The Bertz CT molecular complexity index is 1750. The third-order valence-electron chi connectivity index (χ3n) is 8.23. The lowest BCUT2D eigenvalue weighted by Gasteiger charge is -2.37. The van der Waals surface area contributed by atoms with Gasteiger partial charge in [-0.1, -0.05) is 97.1 Å². The Morgan fingerprint density at radius 2 is 1.34 bits per heavy atom. The summed E-state index contributed by atoms with van der Waals surface area (Å²) < 4.78 is 11.0. The number of carbonyl (C=O) groups is 4. The quantitative estimate of drug-likeness (QED) is 0.167. The molecule has 0 bridgehead atoms. The van der Waals surface area contributed by atoms with E-state index in [-0.39, 0.29) is 24.9 Å². The Balaban J connectivity index is 1.40. The summed E-state index contributed by atoms with van der Waals surface area (Å²) in [5.74, 6) is -0.745. The number of ketones is 1. The van der Waals surface area contributed by atoms with Crippen LogP contribution in [0.2, 0.25) is 0 Å². The Morgan fingerprint density at radius 1 is 0.740 bits per heavy atom. The van der Waals surface area contributed by atoms with Gasteiger partial charge >= 0.3 is 12.2 Å². The van der Waals surface area contributed by atoms with Gasteiger partial charge in [0.05, 0.1) is 11.4 Å². The summed E-state index contributed by atoms with van der Waals surface area (Å²) in [5, 5.41) is 5.79. The van der Waals surface area contributed by atoms with E-state index in [9.17, 15) is 19.2 Å². The minimum Gasteiger partial charge on any atom is -0.445 e. The van der Waals surface area contributed by atoms with Crippen LogP contribution in [-0.2, 0) is 27.3 Å². The molecular formula is C40H44N4O6. The van der Waals surface area contributed by atoms with Crippen LogP contribution in [0, 0.1) is 0 Å². The van der Waals surface area contributed by atoms with Crippen molar-refractivity contribution in [3.63, 3.8) is 0 Å². The van der Waals surface area contributed by atoms with Gasteiger partial charge in [0.1, 0.15) is 18.2 Å². The predicted octanol–water partition coefficient (Wildman–Crippen LogP) is 6.84. The van der Waals surface area contributed by atoms with Crippen molar-refractivity contribution in [1.82, 2.24) is 10.2 Å². The highest BCUT2D eigenvalue weighted by Crippen LogP contribution is 2.33. The molecule has 10 nitrogen and oxygen atoms in total. The van der Waals surface area contributed by atoms with Gasteiger partial charge in [-0.25, -0.2) is 9.59 Å². The molecule has 2 N–H and O–H groups in total. The maximum absolute atomic E-state index is 14.2. The summed E-state index contributed by atoms with van der Waals surface area (Å²) in [4.78, 5) is 57.6. The van der Waals surface area contributed by atoms with Gasteiger partial charge in [0, 0.05) is 37.3 Å². The Kier molecular flexibility index (Phi) is 11.9. The van der Waals surface area contributed by atoms with Crippen LogP contribution in [0.15, 0.2) is 109 Å². The van der Waals surface area contributed by atoms with E-state index >= 15 is 0 Å². The zero-order valence-electron chi connectivity index (χ0n) is 28.8. The summed E-state index contributed by atoms with van der Waals surface area (Å²) in [6, 6.07) is 32.2. The van der Waals surface area contributed by atoms with Crippen LogP contribution < -0.4 is 15.5 Å². The van der Waals surface area contributed by atoms with Crippen molar-refractivity contribution in [2.75, 3.05) is 36.4 Å². The average Bonchev–Trinajstić information content (AvgIpc) is 3.13. The van der Waals surface area contributed by atoms with Crippen molar-refractivity contribution >= 4 is 35.3 Å². The van der Waals surface area contributed by atoms with E-state index in [2.05, 4.69) is 10.6 Å². The van der Waals surface area contributed by atoms with Gasteiger partial charge in [0.15, 0.2) is 5.78 Å². The number of ether oxygens (including phenoxy) is 2. The molecule has 0 aromatic heterocycles. The van der Waals surface area contributed by atoms with Crippen LogP contribution in [0.25, 0.3) is 0 Å². The maximum atomic E-state index is 14.2. The first-order chi connectivity index (χ1) is 24.1. The molecule has 10 heteroatoms. The highest BCUT2D eigenvalue weighted by atomic mass is 16.6. The van der Waals surface area contributed by atoms with Gasteiger partial charge in [-0.3, -0.25) is 9.59 Å². The second kappa shape index (κ2) is 16.6. The average molecular weight is 677 g/mol. The number of aryl methyl sites for hydroxylation is 1. The fraction of sp³-hybridized carbons (Fsp3) is 0.300. The molecule has 1 aliphatic rings. The lowest BCUT2D eigenvalue weighted by Crippen LogP contribution is -2.50. The number of hydrogen-bond acceptors (Lipinski definition) is 7. The minimum atomic E-state index is -0.977. The highest BCUT2D eigenvalue weighted by Gasteiger charge is 2.30. The van der Waals surface area contributed by atoms with E-state index in [1.54, 1.807) is 41.3 Å². The second-order valence-electron chi connectivity index (χ2n) is 13.1. The normalized spacial score (nSPS) is 13.6. The molecule has 4 aromatic rings. The van der Waals surface area contributed by atoms with Gasteiger partial charge in [0.2, 0.25) is 5.91 Å². The molecule has 1 aliphatic heterocycles. The van der Waals surface area contributed by atoms with E-state index in [0.717, 1.165) is 11.1 Å². The van der Waals surface area contributed by atoms with Crippen molar-refractivity contribution in [3.8, 4) is 0 Å². The smallest absolute Gasteiger partial charge is 0.410 e. The second-order valence-corrected chi connectivity index (χ2v) is 13.1. The summed E-state index contributed by atoms with van der Waals surface area (Å²) in [7, 11) is 0. The lowest BCUT2D eigenvalue weighted by atomic mass is 9.99. The molecular weight excluding hydrogens is 632 g/mol. The van der Waals surface area contributed by atoms with Crippen LogP contribution in [0.5, 0.6) is 0 Å². The van der Waals surface area contributed by atoms with Crippen molar-refractivity contribution in [2.45, 2.75) is 51.9 Å². The number of benzene rings is 4. The number of nitrogens with zero attached hydrogens (tertiary/aromatic N) is 2. The summed E-state index contributed by atoms with van der Waals surface area (Å²) in [5.41, 5.74) is 2.96. The number of piperazine rings is 1. The molecule has 0 aliphatic carbocycles. The predicted molar refractivity (Wildman–Crippen MR) is 193 cm³/mol. The molecule has 1 atom stereocenters. The topological polar surface area (TPSA) is 117 Å². The maximum Gasteiger partial charge on any atom is 0.410 e. The Hall–Kier alpha value is -5.64. The van der Waals surface area contributed by atoms with Gasteiger partial charge < -0.3 is 29.9 Å². The first-order valence-electron chi connectivity index (χ1n) is 16.8. The molecule has 50 heavy (non-hydrogen) atoms. The molecule has 0 radical (unpaired) electrons. The molecule has 260 valence electrons. The molecule has 1 saturated heterocycles. The number of nitrogens with one attached hydrogen (secondary N) is 2. The third kappa shape index (κ3) is 9.95. The van der Waals surface area contributed by atoms with Gasteiger partial charge in [-0.05, 0) is 56.9 Å². The van der Waals surface area contributed by atoms with Gasteiger partial charge in [-0.2, -0.15) is 0 Å². The summed E-state index contributed by atoms with van der Waals surface area (Å²) in [6.07, 6.45) is -0.309. The fourth-order valence-corrected chi connectivity index (χ4v) is 5.67. The molecule has 1 fully saturated rings. The molecule has 0 saturated carbocycles. The monoisotopic (exact) mass is 676 g/mol. The standard InChI is InChI=1S/C40H44N4O6/c1-40(2,3)50-39(48)44-26-24-43(25-27-44)34-21-13-20-32(36(45)31-18-11-6-12-19-31)35(34)42-37(46)33(23-22-29-14-7-4-8-15-29)41-38(47)49-28-30-16-9-5-10-17-30/h4-21,33H,22-28H2,1-3H3,(H,41,47)(H,42,46)/t33-/m1/s1. The molecule has 3 amide bonds. The summed E-state index contributed by atoms with van der Waals surface area (Å²) in [6.45, 7) is 7.23. The lowest BCUT2D eigenvalue weighted by molar-refractivity contribution is -0.118. The largest absolute Gasteiger partial charge is 0.445 e. The first-order valence-corrected chi connectivity index (χ1v) is 16.8. The molecule has 0 spiro atoms. The number of hydrogen-bond donors (Lipinski definition) is 2. The van der Waals surface area contributed by atoms with E-state index in [0.29, 0.717) is 55.1 Å². The van der Waals surface area contributed by atoms with Gasteiger partial charge in [0.25, 0.3) is 0 Å². The zero-order chi connectivity index (χ0) is 35.5. The van der Waals surface area contributed by atoms with Crippen LogP contribution in [0.3, 0.4) is 0 Å². The van der Waals surface area contributed by atoms with Crippen LogP contribution in [0.4, 0.5) is 21.0 Å². The number of anilines is 2. The fourth-order valence-electron chi connectivity index (χ4n) is 5.67. The SMILES string of the molecule is CC(C)(C)OC(=O)N1CCN(c2cccc(C(=O)c3ccccc3)c2NC(=O)[C@@H](CCc2ccccc2)NC(=O)OCc2ccccc2)CC1. The van der Waals surface area contributed by atoms with Crippen LogP contribution in [-0.4, -0.2) is 66.6 Å². The number of amides is 3. The van der Waals surface area contributed by atoms with E-state index in [1.165, 1.54) is 0 Å². The van der Waals surface area contributed by atoms with Crippen molar-refractivity contribution in [2.24, 2.45) is 0 Å². The van der Waals surface area contributed by atoms with E-state index in [1.807, 2.05) is 98.5 Å². The Labute approximate surface area is 293 Å². The number of rotatable bonds is 11. The zero-order valence-corrected chi connectivity index (χ0v) is 28.8. The van der Waals surface area contributed by atoms with E-state index in [4.69, 9.17) is 9.47 Å². The van der Waals surface area contributed by atoms with Crippen LogP contribution >= 0.6 is 0 Å². The third-order valence-corrected chi connectivity index (χ3v) is 8.23. The highest BCUT2D eigenvalue weighted by molar-refractivity contribution is 6.16. The number of para-hydroxylation sites is 1. The van der Waals surface area contributed by atoms with Crippen molar-refractivity contribution in [1.29, 1.82) is 0 Å². The van der Waals surface area contributed by atoms with Crippen molar-refractivity contribution < 1.29 is 28.7 Å². The molecule has 4 aromatic carbocycles. The van der Waals surface area contributed by atoms with Crippen molar-refractivity contribution in [3.05, 3.63) is 131 Å². The molecule has 0 unspecified atom stereocenters.